The summed E-state index contributed by atoms with van der Waals surface area (Å²) in [7, 11) is 0. The molecule has 0 bridgehead atoms. The summed E-state index contributed by atoms with van der Waals surface area (Å²) in [6.07, 6.45) is 5.74. The maximum Gasteiger partial charge on any atom is 0.117 e. The summed E-state index contributed by atoms with van der Waals surface area (Å²) < 4.78 is 5.31. The van der Waals surface area contributed by atoms with Crippen LogP contribution in [0.4, 0.5) is 5.69 Å². The summed E-state index contributed by atoms with van der Waals surface area (Å²) in [5.74, 6) is 1.64. The largest absolute Gasteiger partial charge is 0.468 e. The van der Waals surface area contributed by atoms with Gasteiger partial charge in [-0.15, -0.1) is 12.4 Å². The molecule has 3 aromatic rings. The number of nitrogens with zero attached hydrogens (tertiary/aromatic N) is 1. The number of nitrogens with one attached hydrogen (secondary N) is 2. The van der Waals surface area contributed by atoms with Crippen molar-refractivity contribution < 1.29 is 4.42 Å². The van der Waals surface area contributed by atoms with Gasteiger partial charge in [-0.1, -0.05) is 26.0 Å². The molecule has 5 heteroatoms. The predicted octanol–water partition coefficient (Wildman–Crippen LogP) is 5.04. The summed E-state index contributed by atoms with van der Waals surface area (Å²) in [4.78, 5) is 4.53. The summed E-state index contributed by atoms with van der Waals surface area (Å²) in [5.41, 5.74) is 3.58. The maximum atomic E-state index is 5.31. The molecule has 0 fully saturated rings. The topological polar surface area (TPSA) is 50.1 Å². The summed E-state index contributed by atoms with van der Waals surface area (Å²) in [6.45, 7) is 7.15. The molecule has 0 saturated heterocycles. The fourth-order valence-electron chi connectivity index (χ4n) is 3.01. The summed E-state index contributed by atoms with van der Waals surface area (Å²) >= 11 is 0. The van der Waals surface area contributed by atoms with Crippen LogP contribution in [-0.2, 0) is 13.0 Å². The molecule has 2 N–H and O–H groups in total. The Morgan fingerprint density at radius 2 is 2.00 bits per heavy atom. The zero-order valence-electron chi connectivity index (χ0n) is 15.5. The van der Waals surface area contributed by atoms with E-state index in [-0.39, 0.29) is 12.4 Å². The number of pyridine rings is 1. The van der Waals surface area contributed by atoms with Gasteiger partial charge in [0, 0.05) is 23.8 Å². The van der Waals surface area contributed by atoms with Gasteiger partial charge < -0.3 is 15.1 Å². The Morgan fingerprint density at radius 1 is 1.12 bits per heavy atom. The number of rotatable bonds is 9. The number of benzene rings is 1. The van der Waals surface area contributed by atoms with Gasteiger partial charge in [0.2, 0.25) is 0 Å². The first-order chi connectivity index (χ1) is 12.2. The molecule has 0 radical (unpaired) electrons. The van der Waals surface area contributed by atoms with Gasteiger partial charge in [0.15, 0.2) is 0 Å². The van der Waals surface area contributed by atoms with Gasteiger partial charge in [-0.3, -0.25) is 4.98 Å². The number of hydrogen-bond acceptors (Lipinski definition) is 4. The third-order valence-corrected chi connectivity index (χ3v) is 4.18. The normalized spacial score (nSPS) is 10.9. The highest BCUT2D eigenvalue weighted by molar-refractivity contribution is 5.91. The molecule has 0 aliphatic carbocycles. The van der Waals surface area contributed by atoms with E-state index >= 15 is 0 Å². The molecule has 3 rings (SSSR count). The molecule has 0 unspecified atom stereocenters. The van der Waals surface area contributed by atoms with Crippen molar-refractivity contribution in [1.29, 1.82) is 0 Å². The Bertz CT molecular complexity index is 787. The number of anilines is 1. The fraction of sp³-hybridized carbons (Fsp3) is 0.381. The molecular weight excluding hydrogens is 346 g/mol. The highest BCUT2D eigenvalue weighted by atomic mass is 35.5. The minimum Gasteiger partial charge on any atom is -0.468 e. The number of halogens is 1. The standard InChI is InChI=1S/C21H27N3O.ClH/c1-16(2)13-17-6-7-19-20(8-11-24-21(19)14-17)23-10-4-9-22-15-18-5-3-12-25-18;/h3,5-8,11-12,14,16,22H,4,9-10,13,15H2,1-2H3,(H,23,24);1H. The molecule has 0 aliphatic rings. The van der Waals surface area contributed by atoms with Crippen LogP contribution in [0.25, 0.3) is 10.9 Å². The number of aromatic nitrogens is 1. The van der Waals surface area contributed by atoms with Crippen LogP contribution in [0.3, 0.4) is 0 Å². The van der Waals surface area contributed by atoms with E-state index in [4.69, 9.17) is 4.42 Å². The van der Waals surface area contributed by atoms with Crippen molar-refractivity contribution >= 4 is 29.0 Å². The smallest absolute Gasteiger partial charge is 0.117 e. The molecule has 0 spiro atoms. The quantitative estimate of drug-likeness (QED) is 0.516. The second kappa shape index (κ2) is 10.2. The van der Waals surface area contributed by atoms with Crippen molar-refractivity contribution in [3.8, 4) is 0 Å². The first-order valence-corrected chi connectivity index (χ1v) is 9.07. The average Bonchev–Trinajstić information content (AvgIpc) is 3.10. The molecule has 4 nitrogen and oxygen atoms in total. The van der Waals surface area contributed by atoms with E-state index in [1.807, 2.05) is 18.3 Å². The predicted molar refractivity (Wildman–Crippen MR) is 111 cm³/mol. The lowest BCUT2D eigenvalue weighted by Gasteiger charge is -2.11. The van der Waals surface area contributed by atoms with Crippen molar-refractivity contribution in [2.75, 3.05) is 18.4 Å². The average molecular weight is 374 g/mol. The molecule has 0 amide bonds. The number of furan rings is 1. The van der Waals surface area contributed by atoms with Gasteiger partial charge in [0.05, 0.1) is 18.3 Å². The van der Waals surface area contributed by atoms with E-state index in [2.05, 4.69) is 53.7 Å². The van der Waals surface area contributed by atoms with Crippen LogP contribution in [0, 0.1) is 5.92 Å². The summed E-state index contributed by atoms with van der Waals surface area (Å²) in [6, 6.07) is 12.6. The SMILES string of the molecule is CC(C)Cc1ccc2c(NCCCNCc3ccco3)ccnc2c1.Cl. The minimum absolute atomic E-state index is 0. The number of fused-ring (bicyclic) bond motifs is 1. The first-order valence-electron chi connectivity index (χ1n) is 9.07. The van der Waals surface area contributed by atoms with Crippen LogP contribution in [0.15, 0.2) is 53.3 Å². The molecule has 26 heavy (non-hydrogen) atoms. The lowest BCUT2D eigenvalue weighted by Crippen LogP contribution is -2.17. The van der Waals surface area contributed by atoms with Crippen LogP contribution >= 0.6 is 12.4 Å². The monoisotopic (exact) mass is 373 g/mol. The molecule has 1 aromatic carbocycles. The maximum absolute atomic E-state index is 5.31. The Labute approximate surface area is 161 Å². The van der Waals surface area contributed by atoms with Crippen LogP contribution in [0.2, 0.25) is 0 Å². The third-order valence-electron chi connectivity index (χ3n) is 4.18. The van der Waals surface area contributed by atoms with Crippen molar-refractivity contribution in [3.63, 3.8) is 0 Å². The molecule has 140 valence electrons. The Balaban J connectivity index is 0.00000243. The zero-order valence-corrected chi connectivity index (χ0v) is 16.3. The van der Waals surface area contributed by atoms with Crippen molar-refractivity contribution in [2.24, 2.45) is 5.92 Å². The highest BCUT2D eigenvalue weighted by Gasteiger charge is 2.04. The van der Waals surface area contributed by atoms with Gasteiger partial charge in [-0.05, 0) is 55.1 Å². The molecule has 2 aromatic heterocycles. The van der Waals surface area contributed by atoms with E-state index < -0.39 is 0 Å². The molecule has 2 heterocycles. The Morgan fingerprint density at radius 3 is 2.77 bits per heavy atom. The van der Waals surface area contributed by atoms with E-state index in [1.54, 1.807) is 6.26 Å². The van der Waals surface area contributed by atoms with Gasteiger partial charge in [0.25, 0.3) is 0 Å². The highest BCUT2D eigenvalue weighted by Crippen LogP contribution is 2.23. The van der Waals surface area contributed by atoms with Crippen molar-refractivity contribution in [2.45, 2.75) is 33.2 Å². The van der Waals surface area contributed by atoms with Crippen LogP contribution < -0.4 is 10.6 Å². The Hall–Kier alpha value is -2.04. The van der Waals surface area contributed by atoms with E-state index in [9.17, 15) is 0 Å². The second-order valence-corrected chi connectivity index (χ2v) is 6.84. The van der Waals surface area contributed by atoms with Gasteiger partial charge in [-0.2, -0.15) is 0 Å². The van der Waals surface area contributed by atoms with E-state index in [0.717, 1.165) is 49.4 Å². The summed E-state index contributed by atoms with van der Waals surface area (Å²) in [5, 5.41) is 8.12. The lowest BCUT2D eigenvalue weighted by molar-refractivity contribution is 0.482. The van der Waals surface area contributed by atoms with E-state index in [0.29, 0.717) is 5.92 Å². The molecule has 0 aliphatic heterocycles. The third kappa shape index (κ3) is 5.75. The molecular formula is C21H28ClN3O. The van der Waals surface area contributed by atoms with E-state index in [1.165, 1.54) is 10.9 Å². The van der Waals surface area contributed by atoms with Crippen LogP contribution in [-0.4, -0.2) is 18.1 Å². The van der Waals surface area contributed by atoms with Crippen molar-refractivity contribution in [1.82, 2.24) is 10.3 Å². The zero-order chi connectivity index (χ0) is 17.5. The van der Waals surface area contributed by atoms with Gasteiger partial charge in [-0.25, -0.2) is 0 Å². The number of hydrogen-bond donors (Lipinski definition) is 2. The van der Waals surface area contributed by atoms with Gasteiger partial charge >= 0.3 is 0 Å². The fourth-order valence-corrected chi connectivity index (χ4v) is 3.01. The Kier molecular flexibility index (Phi) is 7.95. The second-order valence-electron chi connectivity index (χ2n) is 6.84. The lowest BCUT2D eigenvalue weighted by atomic mass is 10.0. The van der Waals surface area contributed by atoms with Crippen LogP contribution in [0.5, 0.6) is 0 Å². The first kappa shape index (κ1) is 20.3. The van der Waals surface area contributed by atoms with Crippen LogP contribution in [0.1, 0.15) is 31.6 Å². The minimum atomic E-state index is 0. The van der Waals surface area contributed by atoms with Crippen molar-refractivity contribution in [3.05, 3.63) is 60.2 Å². The molecule has 0 atom stereocenters. The molecule has 0 saturated carbocycles. The van der Waals surface area contributed by atoms with Gasteiger partial charge in [0.1, 0.15) is 5.76 Å².